The van der Waals surface area contributed by atoms with Crippen LogP contribution in [0.2, 0.25) is 0 Å². The lowest BCUT2D eigenvalue weighted by Gasteiger charge is -2.24. The van der Waals surface area contributed by atoms with Crippen LogP contribution < -0.4 is 4.74 Å². The number of aromatic hydroxyl groups is 1. The topological polar surface area (TPSA) is 77.2 Å². The van der Waals surface area contributed by atoms with Crippen molar-refractivity contribution in [3.8, 4) is 17.2 Å². The molecule has 0 aliphatic heterocycles. The molecule has 1 N–H and O–H groups in total. The second kappa shape index (κ2) is 6.20. The highest BCUT2D eigenvalue weighted by molar-refractivity contribution is 5.83. The van der Waals surface area contributed by atoms with E-state index in [1.54, 1.807) is 31.4 Å². The standard InChI is InChI=1S/C19H21N3O3/c1-5-19(2,3)13-8-12(11-23)18(24)17(9-13)22-20-15-7-6-14(25-4)10-16(15)21-22/h6-11,24H,5H2,1-4H3. The van der Waals surface area contributed by atoms with Gasteiger partial charge in [-0.25, -0.2) is 0 Å². The van der Waals surface area contributed by atoms with Crippen LogP contribution in [0.1, 0.15) is 43.1 Å². The Morgan fingerprint density at radius 2 is 1.92 bits per heavy atom. The maximum Gasteiger partial charge on any atom is 0.153 e. The Kier molecular flexibility index (Phi) is 4.20. The molecule has 130 valence electrons. The molecular weight excluding hydrogens is 318 g/mol. The lowest BCUT2D eigenvalue weighted by atomic mass is 9.81. The van der Waals surface area contributed by atoms with Crippen LogP contribution in [0.25, 0.3) is 16.7 Å². The maximum absolute atomic E-state index is 11.4. The van der Waals surface area contributed by atoms with Gasteiger partial charge in [-0.1, -0.05) is 20.8 Å². The normalized spacial score (nSPS) is 11.7. The third kappa shape index (κ3) is 2.95. The van der Waals surface area contributed by atoms with Gasteiger partial charge in [0.2, 0.25) is 0 Å². The SMILES string of the molecule is CCC(C)(C)c1cc(C=O)c(O)c(-n2nc3ccc(OC)cc3n2)c1. The lowest BCUT2D eigenvalue weighted by molar-refractivity contribution is 0.112. The largest absolute Gasteiger partial charge is 0.505 e. The number of carbonyl (C=O) groups excluding carboxylic acids is 1. The Bertz CT molecular complexity index is 944. The number of methoxy groups -OCH3 is 1. The monoisotopic (exact) mass is 339 g/mol. The van der Waals surface area contributed by atoms with Gasteiger partial charge < -0.3 is 9.84 Å². The predicted molar refractivity (Wildman–Crippen MR) is 95.8 cm³/mol. The van der Waals surface area contributed by atoms with Crippen molar-refractivity contribution in [2.45, 2.75) is 32.6 Å². The Hall–Kier alpha value is -2.89. The molecule has 6 nitrogen and oxygen atoms in total. The molecule has 0 aliphatic rings. The molecule has 0 fully saturated rings. The van der Waals surface area contributed by atoms with Crippen LogP contribution in [0.15, 0.2) is 30.3 Å². The highest BCUT2D eigenvalue weighted by Crippen LogP contribution is 2.34. The quantitative estimate of drug-likeness (QED) is 0.718. The number of phenols is 1. The molecule has 1 heterocycles. The highest BCUT2D eigenvalue weighted by atomic mass is 16.5. The summed E-state index contributed by atoms with van der Waals surface area (Å²) in [5.74, 6) is 0.552. The fourth-order valence-corrected chi connectivity index (χ4v) is 2.61. The second-order valence-electron chi connectivity index (χ2n) is 6.63. The summed E-state index contributed by atoms with van der Waals surface area (Å²) in [5.41, 5.74) is 2.74. The summed E-state index contributed by atoms with van der Waals surface area (Å²) in [7, 11) is 1.59. The van der Waals surface area contributed by atoms with Gasteiger partial charge >= 0.3 is 0 Å². The van der Waals surface area contributed by atoms with Crippen LogP contribution in [0.5, 0.6) is 11.5 Å². The summed E-state index contributed by atoms with van der Waals surface area (Å²) in [4.78, 5) is 12.8. The molecule has 0 amide bonds. The van der Waals surface area contributed by atoms with Gasteiger partial charge in [0.1, 0.15) is 22.5 Å². The first kappa shape index (κ1) is 17.0. The van der Waals surface area contributed by atoms with Gasteiger partial charge in [0.15, 0.2) is 12.0 Å². The van der Waals surface area contributed by atoms with Crippen molar-refractivity contribution in [3.05, 3.63) is 41.5 Å². The molecule has 0 radical (unpaired) electrons. The maximum atomic E-state index is 11.4. The van der Waals surface area contributed by atoms with E-state index in [9.17, 15) is 9.90 Å². The highest BCUT2D eigenvalue weighted by Gasteiger charge is 2.23. The van der Waals surface area contributed by atoms with Gasteiger partial charge in [0.25, 0.3) is 0 Å². The first-order valence-corrected chi connectivity index (χ1v) is 8.13. The third-order valence-corrected chi connectivity index (χ3v) is 4.71. The van der Waals surface area contributed by atoms with Crippen molar-refractivity contribution in [1.82, 2.24) is 15.0 Å². The molecule has 0 saturated heterocycles. The van der Waals surface area contributed by atoms with Crippen LogP contribution in [0, 0.1) is 0 Å². The minimum atomic E-state index is -0.143. The molecule has 25 heavy (non-hydrogen) atoms. The Labute approximate surface area is 146 Å². The van der Waals surface area contributed by atoms with Crippen LogP contribution in [0.4, 0.5) is 0 Å². The van der Waals surface area contributed by atoms with Gasteiger partial charge in [-0.2, -0.15) is 0 Å². The summed E-state index contributed by atoms with van der Waals surface area (Å²) in [5, 5.41) is 19.3. The molecule has 0 aliphatic carbocycles. The van der Waals surface area contributed by atoms with E-state index in [-0.39, 0.29) is 16.7 Å². The summed E-state index contributed by atoms with van der Waals surface area (Å²) in [6.45, 7) is 6.27. The number of aromatic nitrogens is 3. The fraction of sp³-hybridized carbons (Fsp3) is 0.316. The number of hydrogen-bond acceptors (Lipinski definition) is 5. The van der Waals surface area contributed by atoms with Gasteiger partial charge in [-0.15, -0.1) is 15.0 Å². The smallest absolute Gasteiger partial charge is 0.153 e. The van der Waals surface area contributed by atoms with E-state index in [0.717, 1.165) is 12.0 Å². The number of phenolic OH excluding ortho intramolecular Hbond substituents is 1. The third-order valence-electron chi connectivity index (χ3n) is 4.71. The predicted octanol–water partition coefficient (Wildman–Crippen LogP) is 3.63. The van der Waals surface area contributed by atoms with E-state index in [2.05, 4.69) is 31.0 Å². The van der Waals surface area contributed by atoms with E-state index in [4.69, 9.17) is 4.74 Å². The zero-order valence-electron chi connectivity index (χ0n) is 14.8. The molecule has 2 aromatic carbocycles. The van der Waals surface area contributed by atoms with Crippen molar-refractivity contribution in [2.24, 2.45) is 0 Å². The van der Waals surface area contributed by atoms with Crippen molar-refractivity contribution >= 4 is 17.3 Å². The van der Waals surface area contributed by atoms with Crippen molar-refractivity contribution in [2.75, 3.05) is 7.11 Å². The van der Waals surface area contributed by atoms with Crippen molar-refractivity contribution in [3.63, 3.8) is 0 Å². The van der Waals surface area contributed by atoms with E-state index < -0.39 is 0 Å². The Balaban J connectivity index is 2.22. The molecule has 0 spiro atoms. The number of aldehydes is 1. The molecule has 1 aromatic heterocycles. The first-order chi connectivity index (χ1) is 11.9. The van der Waals surface area contributed by atoms with E-state index >= 15 is 0 Å². The number of benzene rings is 2. The van der Waals surface area contributed by atoms with Crippen LogP contribution in [-0.2, 0) is 5.41 Å². The van der Waals surface area contributed by atoms with Gasteiger partial charge in [-0.05, 0) is 41.7 Å². The van der Waals surface area contributed by atoms with Crippen LogP contribution in [0.3, 0.4) is 0 Å². The first-order valence-electron chi connectivity index (χ1n) is 8.13. The Morgan fingerprint density at radius 1 is 1.20 bits per heavy atom. The molecule has 0 saturated carbocycles. The van der Waals surface area contributed by atoms with Crippen LogP contribution >= 0.6 is 0 Å². The number of hydrogen-bond donors (Lipinski definition) is 1. The fourth-order valence-electron chi connectivity index (χ4n) is 2.61. The van der Waals surface area contributed by atoms with Crippen molar-refractivity contribution < 1.29 is 14.6 Å². The number of rotatable bonds is 5. The minimum Gasteiger partial charge on any atom is -0.505 e. The molecule has 0 bridgehead atoms. The molecule has 0 atom stereocenters. The zero-order valence-corrected chi connectivity index (χ0v) is 14.8. The van der Waals surface area contributed by atoms with Crippen molar-refractivity contribution in [1.29, 1.82) is 0 Å². The minimum absolute atomic E-state index is 0.127. The number of fused-ring (bicyclic) bond motifs is 1. The van der Waals surface area contributed by atoms with E-state index in [1.165, 1.54) is 4.80 Å². The van der Waals surface area contributed by atoms with Gasteiger partial charge in [0.05, 0.1) is 12.7 Å². The molecule has 3 aromatic rings. The average molecular weight is 339 g/mol. The van der Waals surface area contributed by atoms with Gasteiger partial charge in [0, 0.05) is 6.07 Å². The zero-order chi connectivity index (χ0) is 18.2. The van der Waals surface area contributed by atoms with Gasteiger partial charge in [-0.3, -0.25) is 4.79 Å². The lowest BCUT2D eigenvalue weighted by Crippen LogP contribution is -2.17. The van der Waals surface area contributed by atoms with E-state index in [1.807, 2.05) is 6.07 Å². The van der Waals surface area contributed by atoms with E-state index in [0.29, 0.717) is 28.8 Å². The second-order valence-corrected chi connectivity index (χ2v) is 6.63. The molecule has 3 rings (SSSR count). The summed E-state index contributed by atoms with van der Waals surface area (Å²) in [6.07, 6.45) is 1.54. The molecule has 6 heteroatoms. The number of nitrogens with zero attached hydrogens (tertiary/aromatic N) is 3. The average Bonchev–Trinajstić information content (AvgIpc) is 3.04. The summed E-state index contributed by atoms with van der Waals surface area (Å²) in [6, 6.07) is 8.93. The number of carbonyl (C=O) groups is 1. The number of ether oxygens (including phenoxy) is 1. The summed E-state index contributed by atoms with van der Waals surface area (Å²) >= 11 is 0. The Morgan fingerprint density at radius 3 is 2.56 bits per heavy atom. The van der Waals surface area contributed by atoms with Crippen LogP contribution in [-0.4, -0.2) is 33.5 Å². The molecule has 0 unspecified atom stereocenters. The summed E-state index contributed by atoms with van der Waals surface area (Å²) < 4.78 is 5.20. The molecular formula is C19H21N3O3.